The van der Waals surface area contributed by atoms with Gasteiger partial charge in [-0.25, -0.2) is 4.79 Å². The van der Waals surface area contributed by atoms with Crippen LogP contribution >= 0.6 is 0 Å². The molecule has 7 nitrogen and oxygen atoms in total. The Labute approximate surface area is 164 Å². The number of carbonyl (C=O) groups excluding carboxylic acids is 1. The number of amides is 1. The molecule has 0 aliphatic heterocycles. The molecule has 3 aromatic carbocycles. The Morgan fingerprint density at radius 2 is 1.62 bits per heavy atom. The number of hydrogen-bond donors (Lipinski definition) is 1. The molecule has 29 heavy (non-hydrogen) atoms. The van der Waals surface area contributed by atoms with E-state index in [1.807, 2.05) is 12.1 Å². The Hall–Kier alpha value is -4.26. The van der Waals surface area contributed by atoms with Gasteiger partial charge in [-0.2, -0.15) is 0 Å². The molecule has 7 heteroatoms. The molecule has 4 aromatic rings. The van der Waals surface area contributed by atoms with Crippen molar-refractivity contribution in [3.8, 4) is 11.1 Å². The van der Waals surface area contributed by atoms with Crippen molar-refractivity contribution >= 4 is 28.3 Å². The highest BCUT2D eigenvalue weighted by molar-refractivity contribution is 6.04. The molecule has 0 saturated heterocycles. The van der Waals surface area contributed by atoms with Gasteiger partial charge in [0, 0.05) is 28.8 Å². The van der Waals surface area contributed by atoms with Crippen LogP contribution in [0.4, 0.5) is 11.4 Å². The highest BCUT2D eigenvalue weighted by atomic mass is 16.6. The summed E-state index contributed by atoms with van der Waals surface area (Å²) in [4.78, 5) is 34.9. The van der Waals surface area contributed by atoms with Crippen molar-refractivity contribution in [2.75, 3.05) is 5.32 Å². The van der Waals surface area contributed by atoms with Crippen LogP contribution in [-0.2, 0) is 0 Å². The van der Waals surface area contributed by atoms with Crippen LogP contribution in [0, 0.1) is 10.1 Å². The number of nitro groups is 1. The molecule has 142 valence electrons. The summed E-state index contributed by atoms with van der Waals surface area (Å²) in [6, 6.07) is 21.1. The summed E-state index contributed by atoms with van der Waals surface area (Å²) in [7, 11) is 0. The Morgan fingerprint density at radius 3 is 2.31 bits per heavy atom. The lowest BCUT2D eigenvalue weighted by atomic mass is 10.0. The number of nitrogens with zero attached hydrogens (tertiary/aromatic N) is 1. The van der Waals surface area contributed by atoms with Gasteiger partial charge in [-0.3, -0.25) is 14.9 Å². The monoisotopic (exact) mass is 386 g/mol. The second-order valence-electron chi connectivity index (χ2n) is 6.32. The van der Waals surface area contributed by atoms with E-state index in [9.17, 15) is 19.7 Å². The molecule has 0 unspecified atom stereocenters. The topological polar surface area (TPSA) is 102 Å². The fraction of sp³-hybridized carbons (Fsp3) is 0. The molecule has 4 rings (SSSR count). The number of anilines is 1. The molecule has 1 aromatic heterocycles. The van der Waals surface area contributed by atoms with E-state index >= 15 is 0 Å². The number of hydrogen-bond acceptors (Lipinski definition) is 5. The molecular weight excluding hydrogens is 372 g/mol. The predicted octanol–water partition coefficient (Wildman–Crippen LogP) is 4.62. The van der Waals surface area contributed by atoms with Gasteiger partial charge in [0.2, 0.25) is 0 Å². The van der Waals surface area contributed by atoms with Crippen LogP contribution in [0.1, 0.15) is 10.4 Å². The molecule has 0 aliphatic rings. The van der Waals surface area contributed by atoms with Gasteiger partial charge in [-0.1, -0.05) is 30.3 Å². The molecule has 0 bridgehead atoms. The first-order valence-corrected chi connectivity index (χ1v) is 8.70. The maximum atomic E-state index is 12.4. The highest BCUT2D eigenvalue weighted by Crippen LogP contribution is 2.22. The van der Waals surface area contributed by atoms with Gasteiger partial charge in [0.15, 0.2) is 0 Å². The van der Waals surface area contributed by atoms with E-state index in [1.54, 1.807) is 42.5 Å². The third-order valence-corrected chi connectivity index (χ3v) is 4.44. The van der Waals surface area contributed by atoms with Crippen LogP contribution in [0.5, 0.6) is 0 Å². The third-order valence-electron chi connectivity index (χ3n) is 4.44. The van der Waals surface area contributed by atoms with E-state index in [1.165, 1.54) is 24.3 Å². The van der Waals surface area contributed by atoms with Crippen molar-refractivity contribution in [1.82, 2.24) is 0 Å². The predicted molar refractivity (Wildman–Crippen MR) is 109 cm³/mol. The smallest absolute Gasteiger partial charge is 0.344 e. The quantitative estimate of drug-likeness (QED) is 0.313. The lowest BCUT2D eigenvalue weighted by Crippen LogP contribution is -2.11. The third kappa shape index (κ3) is 3.74. The van der Waals surface area contributed by atoms with Gasteiger partial charge in [-0.05, 0) is 42.0 Å². The molecule has 0 spiro atoms. The standard InChI is InChI=1S/C22H14N2O5/c25-21(23-17-9-11-18(12-10-17)24(27)28)15-7-5-14(6-8-15)19-13-16-3-1-2-4-20(16)29-22(19)26/h1-13H,(H,23,25). The summed E-state index contributed by atoms with van der Waals surface area (Å²) in [6.07, 6.45) is 0. The lowest BCUT2D eigenvalue weighted by molar-refractivity contribution is -0.384. The summed E-state index contributed by atoms with van der Waals surface area (Å²) in [5.74, 6) is -0.365. The van der Waals surface area contributed by atoms with Gasteiger partial charge >= 0.3 is 5.63 Å². The number of benzene rings is 3. The van der Waals surface area contributed by atoms with Crippen LogP contribution in [0.3, 0.4) is 0 Å². The van der Waals surface area contributed by atoms with E-state index in [4.69, 9.17) is 4.42 Å². The van der Waals surface area contributed by atoms with Crippen LogP contribution in [0.2, 0.25) is 0 Å². The Kier molecular flexibility index (Phi) is 4.62. The average Bonchev–Trinajstić information content (AvgIpc) is 2.74. The van der Waals surface area contributed by atoms with Gasteiger partial charge in [0.1, 0.15) is 5.58 Å². The summed E-state index contributed by atoms with van der Waals surface area (Å²) < 4.78 is 5.35. The van der Waals surface area contributed by atoms with E-state index < -0.39 is 10.5 Å². The molecule has 1 N–H and O–H groups in total. The number of para-hydroxylation sites is 1. The maximum Gasteiger partial charge on any atom is 0.344 e. The van der Waals surface area contributed by atoms with Crippen molar-refractivity contribution in [3.63, 3.8) is 0 Å². The number of nitro benzene ring substituents is 1. The van der Waals surface area contributed by atoms with Gasteiger partial charge < -0.3 is 9.73 Å². The van der Waals surface area contributed by atoms with Crippen LogP contribution in [0.25, 0.3) is 22.1 Å². The van der Waals surface area contributed by atoms with Crippen LogP contribution < -0.4 is 10.9 Å². The normalized spacial score (nSPS) is 10.6. The zero-order valence-electron chi connectivity index (χ0n) is 15.0. The maximum absolute atomic E-state index is 12.4. The van der Waals surface area contributed by atoms with Crippen molar-refractivity contribution in [2.24, 2.45) is 0 Å². The number of non-ortho nitro benzene ring substituents is 1. The van der Waals surface area contributed by atoms with Gasteiger partial charge in [-0.15, -0.1) is 0 Å². The molecule has 1 heterocycles. The van der Waals surface area contributed by atoms with Crippen molar-refractivity contribution in [1.29, 1.82) is 0 Å². The first-order chi connectivity index (χ1) is 14.0. The second-order valence-corrected chi connectivity index (χ2v) is 6.32. The molecule has 0 fully saturated rings. The molecule has 0 atom stereocenters. The zero-order chi connectivity index (χ0) is 20.4. The van der Waals surface area contributed by atoms with E-state index in [0.29, 0.717) is 28.0 Å². The number of nitrogens with one attached hydrogen (secondary N) is 1. The summed E-state index contributed by atoms with van der Waals surface area (Å²) in [5, 5.41) is 14.2. The van der Waals surface area contributed by atoms with Crippen molar-refractivity contribution < 1.29 is 14.1 Å². The van der Waals surface area contributed by atoms with E-state index in [2.05, 4.69) is 5.32 Å². The molecule has 0 saturated carbocycles. The minimum absolute atomic E-state index is 0.0541. The molecule has 0 aliphatic carbocycles. The molecule has 1 amide bonds. The van der Waals surface area contributed by atoms with Gasteiger partial charge in [0.05, 0.1) is 10.5 Å². The largest absolute Gasteiger partial charge is 0.422 e. The molecular formula is C22H14N2O5. The number of rotatable bonds is 4. The Bertz CT molecular complexity index is 1280. The lowest BCUT2D eigenvalue weighted by Gasteiger charge is -2.07. The number of fused-ring (bicyclic) bond motifs is 1. The summed E-state index contributed by atoms with van der Waals surface area (Å²) in [6.45, 7) is 0. The fourth-order valence-corrected chi connectivity index (χ4v) is 2.93. The SMILES string of the molecule is O=C(Nc1ccc([N+](=O)[O-])cc1)c1ccc(-c2cc3ccccc3oc2=O)cc1. The summed E-state index contributed by atoms with van der Waals surface area (Å²) in [5.41, 5.74) is 1.88. The highest BCUT2D eigenvalue weighted by Gasteiger charge is 2.11. The zero-order valence-corrected chi connectivity index (χ0v) is 15.0. The van der Waals surface area contributed by atoms with E-state index in [-0.39, 0.29) is 11.6 Å². The van der Waals surface area contributed by atoms with Crippen molar-refractivity contribution in [3.05, 3.63) is 105 Å². The van der Waals surface area contributed by atoms with Crippen molar-refractivity contribution in [2.45, 2.75) is 0 Å². The van der Waals surface area contributed by atoms with Gasteiger partial charge in [0.25, 0.3) is 11.6 Å². The summed E-state index contributed by atoms with van der Waals surface area (Å²) >= 11 is 0. The van der Waals surface area contributed by atoms with E-state index in [0.717, 1.165) is 5.39 Å². The van der Waals surface area contributed by atoms with Crippen LogP contribution in [0.15, 0.2) is 88.1 Å². The average molecular weight is 386 g/mol. The minimum atomic E-state index is -0.506. The Balaban J connectivity index is 1.56. The minimum Gasteiger partial charge on any atom is -0.422 e. The Morgan fingerprint density at radius 1 is 0.931 bits per heavy atom. The number of carbonyl (C=O) groups is 1. The fourth-order valence-electron chi connectivity index (χ4n) is 2.93. The molecule has 0 radical (unpaired) electrons. The first kappa shape index (κ1) is 18.1. The first-order valence-electron chi connectivity index (χ1n) is 8.70. The second kappa shape index (κ2) is 7.40. The van der Waals surface area contributed by atoms with Crippen LogP contribution in [-0.4, -0.2) is 10.8 Å².